The second-order valence-electron chi connectivity index (χ2n) is 4.88. The number of aryl methyl sites for hydroxylation is 1. The van der Waals surface area contributed by atoms with Crippen LogP contribution in [0.3, 0.4) is 0 Å². The van der Waals surface area contributed by atoms with Crippen molar-refractivity contribution in [2.75, 3.05) is 26.1 Å². The van der Waals surface area contributed by atoms with Gasteiger partial charge >= 0.3 is 0 Å². The minimum atomic E-state index is -0.237. The fourth-order valence-electron chi connectivity index (χ4n) is 2.14. The van der Waals surface area contributed by atoms with Crippen LogP contribution in [-0.2, 0) is 11.2 Å². The number of methoxy groups -OCH3 is 2. The fraction of sp³-hybridized carbons (Fsp3) is 0.278. The molecular formula is C18H21NO4. The molecule has 0 fully saturated rings. The van der Waals surface area contributed by atoms with Crippen LogP contribution < -0.4 is 19.5 Å². The highest BCUT2D eigenvalue weighted by molar-refractivity contribution is 5.91. The SMILES string of the molecule is CCc1ccc(NC(=O)COc2cccc(OC)c2OC)cc1. The highest BCUT2D eigenvalue weighted by Gasteiger charge is 2.12. The van der Waals surface area contributed by atoms with Crippen molar-refractivity contribution < 1.29 is 19.0 Å². The molecule has 2 aromatic rings. The molecule has 0 spiro atoms. The zero-order chi connectivity index (χ0) is 16.7. The van der Waals surface area contributed by atoms with Crippen LogP contribution in [0.15, 0.2) is 42.5 Å². The van der Waals surface area contributed by atoms with Crippen molar-refractivity contribution in [2.45, 2.75) is 13.3 Å². The van der Waals surface area contributed by atoms with Gasteiger partial charge in [-0.3, -0.25) is 4.79 Å². The number of amides is 1. The lowest BCUT2D eigenvalue weighted by atomic mass is 10.1. The molecule has 0 saturated heterocycles. The van der Waals surface area contributed by atoms with Gasteiger partial charge < -0.3 is 19.5 Å². The number of carbonyl (C=O) groups is 1. The molecule has 0 aromatic heterocycles. The van der Waals surface area contributed by atoms with Gasteiger partial charge in [0.25, 0.3) is 5.91 Å². The molecule has 0 aliphatic rings. The Morgan fingerprint density at radius 1 is 1.00 bits per heavy atom. The summed E-state index contributed by atoms with van der Waals surface area (Å²) in [5, 5.41) is 2.79. The molecule has 23 heavy (non-hydrogen) atoms. The van der Waals surface area contributed by atoms with E-state index in [0.717, 1.165) is 12.1 Å². The maximum Gasteiger partial charge on any atom is 0.262 e. The number of carbonyl (C=O) groups excluding carboxylic acids is 1. The van der Waals surface area contributed by atoms with Gasteiger partial charge in [-0.05, 0) is 36.2 Å². The monoisotopic (exact) mass is 315 g/mol. The van der Waals surface area contributed by atoms with Gasteiger partial charge in [0.05, 0.1) is 14.2 Å². The molecule has 2 rings (SSSR count). The Kier molecular flexibility index (Phi) is 5.86. The average molecular weight is 315 g/mol. The van der Waals surface area contributed by atoms with Gasteiger partial charge in [0, 0.05) is 5.69 Å². The van der Waals surface area contributed by atoms with E-state index in [2.05, 4.69) is 12.2 Å². The van der Waals surface area contributed by atoms with E-state index in [-0.39, 0.29) is 12.5 Å². The first-order valence-electron chi connectivity index (χ1n) is 7.40. The standard InChI is InChI=1S/C18H21NO4/c1-4-13-8-10-14(11-9-13)19-17(20)12-23-16-7-5-6-15(21-2)18(16)22-3/h5-11H,4,12H2,1-3H3,(H,19,20). The lowest BCUT2D eigenvalue weighted by molar-refractivity contribution is -0.118. The zero-order valence-electron chi connectivity index (χ0n) is 13.6. The first kappa shape index (κ1) is 16.7. The third-order valence-electron chi connectivity index (χ3n) is 3.37. The Labute approximate surface area is 136 Å². The zero-order valence-corrected chi connectivity index (χ0v) is 13.6. The number of ether oxygens (including phenoxy) is 3. The first-order valence-corrected chi connectivity index (χ1v) is 7.40. The molecule has 0 aliphatic heterocycles. The third kappa shape index (κ3) is 4.39. The maximum absolute atomic E-state index is 12.0. The summed E-state index contributed by atoms with van der Waals surface area (Å²) < 4.78 is 16.0. The summed E-state index contributed by atoms with van der Waals surface area (Å²) in [5.74, 6) is 1.25. The molecule has 0 heterocycles. The van der Waals surface area contributed by atoms with E-state index in [1.54, 1.807) is 25.3 Å². The van der Waals surface area contributed by atoms with Crippen LogP contribution in [0, 0.1) is 0 Å². The lowest BCUT2D eigenvalue weighted by Gasteiger charge is -2.13. The predicted octanol–water partition coefficient (Wildman–Crippen LogP) is 3.28. The van der Waals surface area contributed by atoms with Crippen molar-refractivity contribution in [3.63, 3.8) is 0 Å². The molecule has 122 valence electrons. The average Bonchev–Trinajstić information content (AvgIpc) is 2.60. The predicted molar refractivity (Wildman–Crippen MR) is 89.5 cm³/mol. The molecule has 1 N–H and O–H groups in total. The van der Waals surface area contributed by atoms with Crippen LogP contribution in [0.5, 0.6) is 17.2 Å². The summed E-state index contributed by atoms with van der Waals surface area (Å²) in [7, 11) is 3.08. The van der Waals surface area contributed by atoms with E-state index in [4.69, 9.17) is 14.2 Å². The van der Waals surface area contributed by atoms with Gasteiger partial charge in [-0.25, -0.2) is 0 Å². The Bertz CT molecular complexity index is 653. The molecule has 5 nitrogen and oxygen atoms in total. The fourth-order valence-corrected chi connectivity index (χ4v) is 2.14. The van der Waals surface area contributed by atoms with Crippen LogP contribution in [-0.4, -0.2) is 26.7 Å². The molecule has 0 unspecified atom stereocenters. The Morgan fingerprint density at radius 2 is 1.70 bits per heavy atom. The van der Waals surface area contributed by atoms with Crippen LogP contribution in [0.2, 0.25) is 0 Å². The molecule has 1 amide bonds. The van der Waals surface area contributed by atoms with E-state index < -0.39 is 0 Å². The number of hydrogen-bond acceptors (Lipinski definition) is 4. The maximum atomic E-state index is 12.0. The quantitative estimate of drug-likeness (QED) is 0.852. The van der Waals surface area contributed by atoms with E-state index in [1.165, 1.54) is 12.7 Å². The molecule has 0 aliphatic carbocycles. The Morgan fingerprint density at radius 3 is 2.30 bits per heavy atom. The molecule has 0 atom stereocenters. The van der Waals surface area contributed by atoms with Gasteiger partial charge in [-0.15, -0.1) is 0 Å². The van der Waals surface area contributed by atoms with Crippen LogP contribution in [0.25, 0.3) is 0 Å². The number of hydrogen-bond donors (Lipinski definition) is 1. The Hall–Kier alpha value is -2.69. The highest BCUT2D eigenvalue weighted by atomic mass is 16.5. The van der Waals surface area contributed by atoms with Crippen molar-refractivity contribution in [3.8, 4) is 17.2 Å². The van der Waals surface area contributed by atoms with E-state index >= 15 is 0 Å². The van der Waals surface area contributed by atoms with E-state index in [9.17, 15) is 4.79 Å². The number of nitrogens with one attached hydrogen (secondary N) is 1. The van der Waals surface area contributed by atoms with Gasteiger partial charge in [-0.1, -0.05) is 25.1 Å². The highest BCUT2D eigenvalue weighted by Crippen LogP contribution is 2.36. The summed E-state index contributed by atoms with van der Waals surface area (Å²) in [6.07, 6.45) is 0.965. The summed E-state index contributed by atoms with van der Waals surface area (Å²) in [4.78, 5) is 12.0. The molecule has 0 saturated carbocycles. The summed E-state index contributed by atoms with van der Waals surface area (Å²) in [6.45, 7) is 1.97. The molecule has 2 aromatic carbocycles. The van der Waals surface area contributed by atoms with Gasteiger partial charge in [0.2, 0.25) is 5.75 Å². The minimum absolute atomic E-state index is 0.112. The largest absolute Gasteiger partial charge is 0.493 e. The number of benzene rings is 2. The van der Waals surface area contributed by atoms with Crippen molar-refractivity contribution >= 4 is 11.6 Å². The van der Waals surface area contributed by atoms with Crippen molar-refractivity contribution in [1.82, 2.24) is 0 Å². The first-order chi connectivity index (χ1) is 11.2. The van der Waals surface area contributed by atoms with Gasteiger partial charge in [0.1, 0.15) is 0 Å². The van der Waals surface area contributed by atoms with Crippen molar-refractivity contribution in [2.24, 2.45) is 0 Å². The Balaban J connectivity index is 1.96. The summed E-state index contributed by atoms with van der Waals surface area (Å²) >= 11 is 0. The van der Waals surface area contributed by atoms with Crippen molar-refractivity contribution in [3.05, 3.63) is 48.0 Å². The molecular weight excluding hydrogens is 294 g/mol. The second kappa shape index (κ2) is 8.08. The van der Waals surface area contributed by atoms with Gasteiger partial charge in [-0.2, -0.15) is 0 Å². The van der Waals surface area contributed by atoms with E-state index in [0.29, 0.717) is 17.2 Å². The third-order valence-corrected chi connectivity index (χ3v) is 3.37. The smallest absolute Gasteiger partial charge is 0.262 e. The normalized spacial score (nSPS) is 10.0. The van der Waals surface area contributed by atoms with Crippen LogP contribution in [0.4, 0.5) is 5.69 Å². The molecule has 5 heteroatoms. The number of para-hydroxylation sites is 1. The summed E-state index contributed by atoms with van der Waals surface area (Å²) in [6, 6.07) is 13.0. The minimum Gasteiger partial charge on any atom is -0.493 e. The lowest BCUT2D eigenvalue weighted by Crippen LogP contribution is -2.20. The van der Waals surface area contributed by atoms with Gasteiger partial charge in [0.15, 0.2) is 18.1 Å². The van der Waals surface area contributed by atoms with Crippen LogP contribution in [0.1, 0.15) is 12.5 Å². The summed E-state index contributed by atoms with van der Waals surface area (Å²) in [5.41, 5.74) is 1.97. The topological polar surface area (TPSA) is 56.8 Å². The van der Waals surface area contributed by atoms with Crippen LogP contribution >= 0.6 is 0 Å². The molecule has 0 bridgehead atoms. The van der Waals surface area contributed by atoms with Crippen molar-refractivity contribution in [1.29, 1.82) is 0 Å². The second-order valence-corrected chi connectivity index (χ2v) is 4.88. The number of rotatable bonds is 7. The number of anilines is 1. The molecule has 0 radical (unpaired) electrons. The van der Waals surface area contributed by atoms with E-state index in [1.807, 2.05) is 24.3 Å².